The van der Waals surface area contributed by atoms with Crippen LogP contribution in [0.3, 0.4) is 0 Å². The molecule has 0 saturated heterocycles. The summed E-state index contributed by atoms with van der Waals surface area (Å²) >= 11 is 6.82. The molecule has 1 heterocycles. The molecule has 816 valence electrons. The normalized spacial score (nSPS) is 16.0. The van der Waals surface area contributed by atoms with Crippen LogP contribution in [-0.4, -0.2) is 441 Å². The van der Waals surface area contributed by atoms with E-state index >= 15 is 0 Å². The molecule has 0 saturated carbocycles. The van der Waals surface area contributed by atoms with Crippen LogP contribution in [0, 0.1) is 0 Å². The number of carboxylic acids is 1. The zero-order chi connectivity index (χ0) is 109. The third-order valence-electron chi connectivity index (χ3n) is 21.8. The molecule has 1 aliphatic heterocycles. The van der Waals surface area contributed by atoms with Crippen LogP contribution < -0.4 is 97.1 Å². The number of amides is 15. The van der Waals surface area contributed by atoms with Gasteiger partial charge in [0.1, 0.15) is 127 Å². The number of phenolic OH excluding ortho intramolecular Hbond substituents is 1. The number of aromatic carboxylic acids is 1. The highest BCUT2D eigenvalue weighted by Gasteiger charge is 2.42. The van der Waals surface area contributed by atoms with Gasteiger partial charge in [0.05, 0.1) is 56.6 Å². The fourth-order valence-electron chi connectivity index (χ4n) is 13.6. The Morgan fingerprint density at radius 1 is 0.363 bits per heavy atom. The van der Waals surface area contributed by atoms with Crippen LogP contribution >= 0.6 is 35.7 Å². The number of hydrogen-bond donors (Lipinski definition) is 39. The number of unbranched alkanes of at least 4 members (excludes halogenated alkanes) is 4. The maximum absolute atomic E-state index is 14.8. The van der Waals surface area contributed by atoms with Crippen molar-refractivity contribution in [1.29, 1.82) is 0 Å². The molecule has 4 rings (SSSR count). The molecule has 2 aromatic rings. The second kappa shape index (κ2) is 64.9. The van der Waals surface area contributed by atoms with E-state index in [1.165, 1.54) is 54.6 Å². The van der Waals surface area contributed by atoms with Gasteiger partial charge in [-0.05, 0) is 131 Å². The number of nitrogens with one attached hydrogen (secondary N) is 14. The predicted molar refractivity (Wildman–Crippen MR) is 514 cm³/mol. The minimum Gasteiger partial charge on any atom is -0.508 e. The number of rotatable bonds is 70. The SMILES string of the molecule is NC(=O)CCNC(=O)[C@H](CCCCNC(=S)Nc1ccc(-c2c3ccc(=O)cc-3oc3cc(O)ccc23)c(C(=O)O)c1)NC(=O)[C@H](CCCCNC(=O)CSC[C@H](NC(=O)[C@H](CCCCNC(=O)[C@H](O)[C@@H](O)[C@@H](O)[C@H](O)CO)NC(=O)[C@H](O)[C@@H](O)[C@@H](O)[C@H](O)CO)C(=O)NCC(N)=O)NC(=O)CSC[C@H](NC(=O)[C@H](CCCCNC(=O)[C@H](O)[C@@H](O)[C@@H](O)[C@H](O)CO)NC(=O)[C@H](O)[C@@H](O)[C@@H](O)[C@H](O)CO)C(=O)NCC(N)=O. The van der Waals surface area contributed by atoms with Gasteiger partial charge in [-0.1, -0.05) is 6.07 Å². The Kier molecular flexibility index (Phi) is 56.2. The lowest BCUT2D eigenvalue weighted by atomic mass is 9.90. The molecular weight excluding hydrogens is 2010 g/mol. The maximum Gasteiger partial charge on any atom is 0.336 e. The van der Waals surface area contributed by atoms with Gasteiger partial charge < -0.3 is 208 Å². The van der Waals surface area contributed by atoms with Crippen molar-refractivity contribution >= 4 is 152 Å². The Balaban J connectivity index is 1.64. The molecule has 0 unspecified atom stereocenters. The number of aliphatic hydroxyl groups excluding tert-OH is 20. The van der Waals surface area contributed by atoms with Gasteiger partial charge in [-0.15, -0.1) is 23.5 Å². The van der Waals surface area contributed by atoms with E-state index in [2.05, 4.69) is 74.4 Å². The van der Waals surface area contributed by atoms with Crippen LogP contribution in [0.4, 0.5) is 5.69 Å². The zero-order valence-corrected chi connectivity index (χ0v) is 80.8. The lowest BCUT2D eigenvalue weighted by Gasteiger charge is -2.27. The van der Waals surface area contributed by atoms with Crippen LogP contribution in [0.5, 0.6) is 5.75 Å². The molecule has 42 N–H and O–H groups in total. The number of hydrogen-bond acceptors (Lipinski definition) is 42. The first kappa shape index (κ1) is 126. The summed E-state index contributed by atoms with van der Waals surface area (Å²) in [5.41, 5.74) is 16.5. The summed E-state index contributed by atoms with van der Waals surface area (Å²) in [6, 6.07) is 2.04. The van der Waals surface area contributed by atoms with Crippen molar-refractivity contribution in [2.75, 3.05) is 101 Å². The molecule has 0 bridgehead atoms. The van der Waals surface area contributed by atoms with Gasteiger partial charge in [-0.3, -0.25) is 76.7 Å². The van der Waals surface area contributed by atoms with Crippen molar-refractivity contribution < 1.29 is 193 Å². The largest absolute Gasteiger partial charge is 0.508 e. The van der Waals surface area contributed by atoms with Crippen LogP contribution in [0.1, 0.15) is 93.8 Å². The summed E-state index contributed by atoms with van der Waals surface area (Å²) in [5, 5.41) is 254. The van der Waals surface area contributed by atoms with Crippen molar-refractivity contribution in [3.05, 3.63) is 70.4 Å². The van der Waals surface area contributed by atoms with E-state index < -0.39 is 316 Å². The lowest BCUT2D eigenvalue weighted by Crippen LogP contribution is -2.58. The van der Waals surface area contributed by atoms with E-state index in [4.69, 9.17) is 44.0 Å². The minimum absolute atomic E-state index is 0.0203. The van der Waals surface area contributed by atoms with E-state index in [9.17, 15) is 184 Å². The van der Waals surface area contributed by atoms with Crippen molar-refractivity contribution in [3.8, 4) is 28.2 Å². The van der Waals surface area contributed by atoms with Crippen LogP contribution in [0.2, 0.25) is 0 Å². The molecular formula is C86H129N17O40S3. The summed E-state index contributed by atoms with van der Waals surface area (Å²) in [6.07, 6.45) is -39.5. The first-order valence-electron chi connectivity index (χ1n) is 45.4. The average Bonchev–Trinajstić information content (AvgIpc) is 0.745. The summed E-state index contributed by atoms with van der Waals surface area (Å²) in [6.45, 7) is -7.45. The number of benzene rings is 3. The fourth-order valence-corrected chi connectivity index (χ4v) is 15.6. The Bertz CT molecular complexity index is 5040. The number of nitrogens with two attached hydrogens (primary N) is 3. The molecule has 1 aliphatic carbocycles. The number of aromatic hydroxyl groups is 1. The number of carboxylic acid groups (broad SMARTS) is 1. The molecule has 146 heavy (non-hydrogen) atoms. The van der Waals surface area contributed by atoms with E-state index in [-0.39, 0.29) is 136 Å². The number of thioether (sulfide) groups is 2. The summed E-state index contributed by atoms with van der Waals surface area (Å²) in [7, 11) is 0. The highest BCUT2D eigenvalue weighted by molar-refractivity contribution is 8.00. The lowest BCUT2D eigenvalue weighted by molar-refractivity contribution is -0.151. The first-order valence-corrected chi connectivity index (χ1v) is 48.1. The Hall–Kier alpha value is -12.0. The number of fused-ring (bicyclic) bond motifs is 2. The third-order valence-corrected chi connectivity index (χ3v) is 24.1. The summed E-state index contributed by atoms with van der Waals surface area (Å²) in [5.74, 6) is -21.2. The molecule has 57 nitrogen and oxygen atoms in total. The van der Waals surface area contributed by atoms with Gasteiger partial charge >= 0.3 is 5.97 Å². The summed E-state index contributed by atoms with van der Waals surface area (Å²) in [4.78, 5) is 226. The first-order chi connectivity index (χ1) is 68.9. The molecule has 0 aromatic heterocycles. The van der Waals surface area contributed by atoms with Crippen LogP contribution in [-0.2, 0) is 71.9 Å². The topological polar surface area (TPSA) is 995 Å². The average molecular weight is 2140 g/mol. The second-order valence-corrected chi connectivity index (χ2v) is 35.7. The molecule has 2 aliphatic rings. The number of thiocarbonyl (C=S) groups is 1. The zero-order valence-electron chi connectivity index (χ0n) is 78.3. The van der Waals surface area contributed by atoms with Crippen molar-refractivity contribution in [2.45, 2.75) is 217 Å². The highest BCUT2D eigenvalue weighted by Crippen LogP contribution is 2.43. The number of phenols is 1. The van der Waals surface area contributed by atoms with Crippen LogP contribution in [0.25, 0.3) is 33.4 Å². The number of aliphatic hydroxyl groups is 20. The Morgan fingerprint density at radius 2 is 0.726 bits per heavy atom. The number of carbonyl (C=O) groups is 16. The van der Waals surface area contributed by atoms with Gasteiger partial charge in [0.15, 0.2) is 35.0 Å². The van der Waals surface area contributed by atoms with Crippen molar-refractivity contribution in [3.63, 3.8) is 0 Å². The Labute approximate surface area is 844 Å². The van der Waals surface area contributed by atoms with E-state index in [1.54, 1.807) is 0 Å². The van der Waals surface area contributed by atoms with Crippen molar-refractivity contribution in [1.82, 2.24) is 69.1 Å². The van der Waals surface area contributed by atoms with Crippen LogP contribution in [0.15, 0.2) is 63.8 Å². The molecule has 0 fully saturated rings. The highest BCUT2D eigenvalue weighted by atomic mass is 32.2. The van der Waals surface area contributed by atoms with Gasteiger partial charge in [-0.2, -0.15) is 0 Å². The molecule has 2 aromatic carbocycles. The van der Waals surface area contributed by atoms with Gasteiger partial charge in [0.2, 0.25) is 65.0 Å². The molecule has 0 spiro atoms. The third kappa shape index (κ3) is 42.5. The molecule has 0 radical (unpaired) electrons. The smallest absolute Gasteiger partial charge is 0.336 e. The van der Waals surface area contributed by atoms with E-state index in [1.807, 2.05) is 0 Å². The monoisotopic (exact) mass is 2140 g/mol. The molecule has 15 amide bonds. The van der Waals surface area contributed by atoms with Gasteiger partial charge in [0.25, 0.3) is 23.6 Å². The predicted octanol–water partition coefficient (Wildman–Crippen LogP) is -16.4. The number of primary amides is 3. The second-order valence-electron chi connectivity index (χ2n) is 33.2. The minimum atomic E-state index is -2.67. The standard InChI is InChI=1S/C86H129N17O40S3/c87-57(114)19-24-93-75(131)45(9-4-8-23-94-86(144)97-38-13-16-41(44(25-38)85(141)142)62-42-17-14-39(108)26-55(42)143-56-27-40(109)15-18-43(56)62)99-78(134)46(98-61(118)37-146-35-50(77(133)96-29-59(89)116)103-80(136)48(101-84(140)74(130)70(126)66(122)54(113)33-107)12-3-7-22-92-82(138)72(128)68(124)64(120)52(111)31-105)10-1-5-20-90-60(117)36-145-34-49(76(132)95-28-58(88)115)102-79(135)47(100-83(139)73(129)69(125)65(121)53(112)32-106)11-2-6-21-91-81(137)71(127)67(123)63(119)51(110)30-104/h13-18,25-27,45-54,63-74,104-108,110-113,119-130H,1-12,19-24,28-37H2,(H2,87,114)(H2,88,115)(H2,89,116)(H,90,117)(H,91,137)(H,92,138)(H,93,131)(H,95,132)(H,96,133)(H,98,118)(H,99,134)(H,100,139)(H,101,140)(H,102,135)(H,103,136)(H,141,142)(H2,94,97,144)/t45-,46-,47-,48-,49-,50-,51+,52+,53+,54+,63-,64-,65-,66-,67-,68-,69-,70-,71+,72+,73+,74+/m0/s1. The van der Waals surface area contributed by atoms with E-state index in [0.717, 1.165) is 0 Å². The number of anilines is 1. The van der Waals surface area contributed by atoms with Gasteiger partial charge in [-0.25, -0.2) is 4.79 Å². The molecule has 60 heteroatoms. The quantitative estimate of drug-likeness (QED) is 0.0111. The molecule has 22 atom stereocenters. The van der Waals surface area contributed by atoms with Gasteiger partial charge in [0, 0.05) is 85.0 Å². The van der Waals surface area contributed by atoms with Crippen molar-refractivity contribution in [2.24, 2.45) is 17.2 Å². The van der Waals surface area contributed by atoms with E-state index in [0.29, 0.717) is 40.0 Å². The Morgan fingerprint density at radius 3 is 1.14 bits per heavy atom. The summed E-state index contributed by atoms with van der Waals surface area (Å²) < 4.78 is 5.92. The fraction of sp³-hybridized carbons (Fsp3) is 0.581. The maximum atomic E-state index is 14.8. The number of carbonyl (C=O) groups excluding carboxylic acids is 15.